The van der Waals surface area contributed by atoms with Crippen molar-refractivity contribution in [2.45, 2.75) is 27.2 Å². The smallest absolute Gasteiger partial charge is 0.0514 e. The summed E-state index contributed by atoms with van der Waals surface area (Å²) in [6.07, 6.45) is 1.16. The second-order valence-corrected chi connectivity index (χ2v) is 5.56. The van der Waals surface area contributed by atoms with Crippen molar-refractivity contribution in [3.63, 3.8) is 0 Å². The van der Waals surface area contributed by atoms with E-state index in [-0.39, 0.29) is 0 Å². The van der Waals surface area contributed by atoms with Crippen LogP contribution in [0.15, 0.2) is 0 Å². The molecule has 1 aliphatic heterocycles. The van der Waals surface area contributed by atoms with Crippen LogP contribution in [-0.4, -0.2) is 50.8 Å². The number of hydrogen-bond acceptors (Lipinski definition) is 3. The van der Waals surface area contributed by atoms with E-state index in [1.165, 1.54) is 19.6 Å². The van der Waals surface area contributed by atoms with E-state index in [4.69, 9.17) is 4.74 Å². The third-order valence-electron chi connectivity index (χ3n) is 2.51. The number of ether oxygens (including phenoxy) is 1. The molecule has 1 heterocycles. The molecule has 15 heavy (non-hydrogen) atoms. The first-order chi connectivity index (χ1) is 7.08. The first-order valence-corrected chi connectivity index (χ1v) is 6.09. The van der Waals surface area contributed by atoms with Crippen LogP contribution in [-0.2, 0) is 4.74 Å². The summed E-state index contributed by atoms with van der Waals surface area (Å²) in [4.78, 5) is 2.51. The summed E-state index contributed by atoms with van der Waals surface area (Å²) in [7, 11) is 0. The minimum Gasteiger partial charge on any atom is -0.381 e. The van der Waals surface area contributed by atoms with Gasteiger partial charge in [-0.1, -0.05) is 20.8 Å². The lowest BCUT2D eigenvalue weighted by Crippen LogP contribution is -2.43. The fourth-order valence-electron chi connectivity index (χ4n) is 1.70. The summed E-state index contributed by atoms with van der Waals surface area (Å²) in [5.41, 5.74) is 0.301. The summed E-state index contributed by atoms with van der Waals surface area (Å²) in [6, 6.07) is 0. The Morgan fingerprint density at radius 2 is 1.87 bits per heavy atom. The normalized spacial score (nSPS) is 19.4. The zero-order valence-electron chi connectivity index (χ0n) is 10.5. The average Bonchev–Trinajstić information content (AvgIpc) is 2.17. The van der Waals surface area contributed by atoms with Gasteiger partial charge in [-0.05, 0) is 11.8 Å². The van der Waals surface area contributed by atoms with Crippen LogP contribution in [0.4, 0.5) is 0 Å². The second-order valence-electron chi connectivity index (χ2n) is 5.56. The highest BCUT2D eigenvalue weighted by Gasteiger charge is 2.11. The van der Waals surface area contributed by atoms with E-state index in [1.54, 1.807) is 0 Å². The number of rotatable bonds is 5. The molecule has 90 valence electrons. The van der Waals surface area contributed by atoms with Crippen molar-refractivity contribution < 1.29 is 4.74 Å². The Morgan fingerprint density at radius 1 is 1.20 bits per heavy atom. The Hall–Kier alpha value is -0.120. The fourth-order valence-corrected chi connectivity index (χ4v) is 1.70. The Morgan fingerprint density at radius 3 is 2.47 bits per heavy atom. The largest absolute Gasteiger partial charge is 0.381 e. The lowest BCUT2D eigenvalue weighted by molar-refractivity contribution is 0.0637. The van der Waals surface area contributed by atoms with E-state index in [0.29, 0.717) is 5.41 Å². The molecule has 1 rings (SSSR count). The van der Waals surface area contributed by atoms with Gasteiger partial charge in [-0.15, -0.1) is 0 Å². The number of nitrogens with one attached hydrogen (secondary N) is 1. The predicted octanol–water partition coefficient (Wildman–Crippen LogP) is 1.34. The monoisotopic (exact) mass is 214 g/mol. The third kappa shape index (κ3) is 6.88. The topological polar surface area (TPSA) is 24.5 Å². The molecular weight excluding hydrogens is 188 g/mol. The second kappa shape index (κ2) is 6.46. The van der Waals surface area contributed by atoms with Crippen molar-refractivity contribution in [3.8, 4) is 0 Å². The van der Waals surface area contributed by atoms with Gasteiger partial charge in [0.15, 0.2) is 0 Å². The van der Waals surface area contributed by atoms with Crippen LogP contribution in [0, 0.1) is 5.41 Å². The molecule has 0 amide bonds. The summed E-state index contributed by atoms with van der Waals surface area (Å²) >= 11 is 0. The number of hydrogen-bond donors (Lipinski definition) is 1. The molecule has 0 aliphatic carbocycles. The van der Waals surface area contributed by atoms with Gasteiger partial charge in [-0.2, -0.15) is 0 Å². The maximum absolute atomic E-state index is 5.65. The quantitative estimate of drug-likeness (QED) is 0.699. The molecule has 0 saturated carbocycles. The molecule has 1 N–H and O–H groups in total. The first kappa shape index (κ1) is 12.9. The minimum atomic E-state index is 0.301. The molecule has 1 fully saturated rings. The van der Waals surface area contributed by atoms with Crippen molar-refractivity contribution in [1.82, 2.24) is 10.2 Å². The van der Waals surface area contributed by atoms with Crippen molar-refractivity contribution >= 4 is 0 Å². The standard InChI is InChI=1S/C12H26N2O/c1-12(2,3)11-15-10-4-7-14-8-5-13-6-9-14/h13H,4-11H2,1-3H3. The van der Waals surface area contributed by atoms with Crippen molar-refractivity contribution in [3.05, 3.63) is 0 Å². The van der Waals surface area contributed by atoms with Gasteiger partial charge in [0, 0.05) is 39.3 Å². The van der Waals surface area contributed by atoms with Crippen molar-refractivity contribution in [1.29, 1.82) is 0 Å². The van der Waals surface area contributed by atoms with Gasteiger partial charge in [0.25, 0.3) is 0 Å². The highest BCUT2D eigenvalue weighted by molar-refractivity contribution is 4.67. The Labute approximate surface area is 94.2 Å². The predicted molar refractivity (Wildman–Crippen MR) is 64.2 cm³/mol. The lowest BCUT2D eigenvalue weighted by Gasteiger charge is -2.27. The van der Waals surface area contributed by atoms with Gasteiger partial charge in [0.1, 0.15) is 0 Å². The lowest BCUT2D eigenvalue weighted by atomic mass is 9.99. The Bertz CT molecular complexity index is 159. The average molecular weight is 214 g/mol. The van der Waals surface area contributed by atoms with Crippen LogP contribution < -0.4 is 5.32 Å². The van der Waals surface area contributed by atoms with Gasteiger partial charge in [0.05, 0.1) is 6.61 Å². The van der Waals surface area contributed by atoms with Crippen LogP contribution in [0.2, 0.25) is 0 Å². The number of piperazine rings is 1. The van der Waals surface area contributed by atoms with Crippen molar-refractivity contribution in [2.24, 2.45) is 5.41 Å². The zero-order chi connectivity index (χ0) is 11.1. The maximum Gasteiger partial charge on any atom is 0.0514 e. The van der Waals surface area contributed by atoms with Crippen molar-refractivity contribution in [2.75, 3.05) is 45.9 Å². The minimum absolute atomic E-state index is 0.301. The maximum atomic E-state index is 5.65. The van der Waals surface area contributed by atoms with Crippen LogP contribution in [0.3, 0.4) is 0 Å². The van der Waals surface area contributed by atoms with E-state index in [0.717, 1.165) is 32.7 Å². The van der Waals surface area contributed by atoms with Gasteiger partial charge in [0.2, 0.25) is 0 Å². The van der Waals surface area contributed by atoms with Crippen LogP contribution >= 0.6 is 0 Å². The van der Waals surface area contributed by atoms with Crippen LogP contribution in [0.25, 0.3) is 0 Å². The third-order valence-corrected chi connectivity index (χ3v) is 2.51. The van der Waals surface area contributed by atoms with E-state index in [9.17, 15) is 0 Å². The Balaban J connectivity index is 1.92. The van der Waals surface area contributed by atoms with E-state index < -0.39 is 0 Å². The number of nitrogens with zero attached hydrogens (tertiary/aromatic N) is 1. The molecule has 1 saturated heterocycles. The van der Waals surface area contributed by atoms with Gasteiger partial charge >= 0.3 is 0 Å². The molecule has 0 aromatic rings. The molecule has 0 spiro atoms. The van der Waals surface area contributed by atoms with Crippen LogP contribution in [0.1, 0.15) is 27.2 Å². The SMILES string of the molecule is CC(C)(C)COCCCN1CCNCC1. The summed E-state index contributed by atoms with van der Waals surface area (Å²) in [6.45, 7) is 14.3. The Kier molecular flexibility index (Phi) is 5.58. The molecule has 0 atom stereocenters. The molecule has 0 bridgehead atoms. The molecule has 0 unspecified atom stereocenters. The fraction of sp³-hybridized carbons (Fsp3) is 1.00. The summed E-state index contributed by atoms with van der Waals surface area (Å²) in [5, 5.41) is 3.36. The highest BCUT2D eigenvalue weighted by atomic mass is 16.5. The van der Waals surface area contributed by atoms with E-state index in [1.807, 2.05) is 0 Å². The highest BCUT2D eigenvalue weighted by Crippen LogP contribution is 2.12. The molecule has 3 nitrogen and oxygen atoms in total. The van der Waals surface area contributed by atoms with Gasteiger partial charge in [-0.25, -0.2) is 0 Å². The molecule has 0 aromatic heterocycles. The van der Waals surface area contributed by atoms with Crippen LogP contribution in [0.5, 0.6) is 0 Å². The summed E-state index contributed by atoms with van der Waals surface area (Å²) in [5.74, 6) is 0. The van der Waals surface area contributed by atoms with Gasteiger partial charge in [-0.3, -0.25) is 0 Å². The molecule has 0 radical (unpaired) electrons. The van der Waals surface area contributed by atoms with Gasteiger partial charge < -0.3 is 15.0 Å². The van der Waals surface area contributed by atoms with E-state index in [2.05, 4.69) is 31.0 Å². The summed E-state index contributed by atoms with van der Waals surface area (Å²) < 4.78 is 5.65. The first-order valence-electron chi connectivity index (χ1n) is 6.09. The molecule has 1 aliphatic rings. The molecule has 3 heteroatoms. The zero-order valence-corrected chi connectivity index (χ0v) is 10.5. The van der Waals surface area contributed by atoms with E-state index >= 15 is 0 Å². The molecule has 0 aromatic carbocycles. The molecular formula is C12H26N2O.